The van der Waals surface area contributed by atoms with Crippen LogP contribution in [0, 0.1) is 5.92 Å². The lowest BCUT2D eigenvalue weighted by atomic mass is 9.92. The average Bonchev–Trinajstić information content (AvgIpc) is 2.93. The van der Waals surface area contributed by atoms with Crippen LogP contribution in [0.5, 0.6) is 0 Å². The van der Waals surface area contributed by atoms with Gasteiger partial charge in [-0.3, -0.25) is 4.79 Å². The van der Waals surface area contributed by atoms with Gasteiger partial charge in [-0.25, -0.2) is 4.79 Å². The fourth-order valence-electron chi connectivity index (χ4n) is 3.76. The Morgan fingerprint density at radius 3 is 2.62 bits per heavy atom. The van der Waals surface area contributed by atoms with Gasteiger partial charge in [-0.2, -0.15) is 0 Å². The van der Waals surface area contributed by atoms with Crippen molar-refractivity contribution >= 4 is 12.0 Å². The number of hydrogen-bond acceptors (Lipinski definition) is 2. The molecule has 1 aliphatic heterocycles. The molecule has 21 heavy (non-hydrogen) atoms. The second-order valence-electron chi connectivity index (χ2n) is 6.38. The molecule has 2 fully saturated rings. The highest BCUT2D eigenvalue weighted by Gasteiger charge is 2.37. The van der Waals surface area contributed by atoms with Crippen LogP contribution in [0.25, 0.3) is 0 Å². The number of rotatable bonds is 7. The molecule has 1 saturated carbocycles. The van der Waals surface area contributed by atoms with Crippen LogP contribution in [-0.4, -0.2) is 41.1 Å². The van der Waals surface area contributed by atoms with Crippen molar-refractivity contribution in [2.45, 2.75) is 70.3 Å². The first-order valence-electron chi connectivity index (χ1n) is 8.45. The highest BCUT2D eigenvalue weighted by molar-refractivity contribution is 5.74. The van der Waals surface area contributed by atoms with Crippen molar-refractivity contribution in [3.05, 3.63) is 0 Å². The number of nitrogens with one attached hydrogen (secondary N) is 1. The molecule has 1 aliphatic carbocycles. The summed E-state index contributed by atoms with van der Waals surface area (Å²) < 4.78 is 0. The van der Waals surface area contributed by atoms with Gasteiger partial charge in [0.2, 0.25) is 0 Å². The van der Waals surface area contributed by atoms with Crippen LogP contribution in [0.15, 0.2) is 0 Å². The third-order valence-corrected chi connectivity index (χ3v) is 4.85. The van der Waals surface area contributed by atoms with E-state index in [9.17, 15) is 9.59 Å². The summed E-state index contributed by atoms with van der Waals surface area (Å²) >= 11 is 0. The van der Waals surface area contributed by atoms with Gasteiger partial charge in [-0.1, -0.05) is 19.3 Å². The number of aliphatic carboxylic acids is 1. The normalized spacial score (nSPS) is 24.7. The van der Waals surface area contributed by atoms with Crippen molar-refractivity contribution in [2.75, 3.05) is 13.1 Å². The van der Waals surface area contributed by atoms with Crippen LogP contribution in [0.4, 0.5) is 4.79 Å². The molecule has 2 rings (SSSR count). The molecule has 2 N–H and O–H groups in total. The predicted octanol–water partition coefficient (Wildman–Crippen LogP) is 3.00. The molecular formula is C16H28N2O3. The number of carbonyl (C=O) groups is 2. The molecule has 120 valence electrons. The van der Waals surface area contributed by atoms with Gasteiger partial charge < -0.3 is 15.3 Å². The zero-order valence-corrected chi connectivity index (χ0v) is 12.9. The summed E-state index contributed by atoms with van der Waals surface area (Å²) in [6.07, 6.45) is 10.0. The zero-order valence-electron chi connectivity index (χ0n) is 12.9. The van der Waals surface area contributed by atoms with Crippen LogP contribution in [0.2, 0.25) is 0 Å². The van der Waals surface area contributed by atoms with E-state index in [0.29, 0.717) is 12.6 Å². The van der Waals surface area contributed by atoms with E-state index in [0.717, 1.165) is 44.6 Å². The minimum Gasteiger partial charge on any atom is -0.481 e. The summed E-state index contributed by atoms with van der Waals surface area (Å²) in [5.41, 5.74) is 0. The van der Waals surface area contributed by atoms with E-state index in [-0.39, 0.29) is 12.5 Å². The Labute approximate surface area is 127 Å². The highest BCUT2D eigenvalue weighted by Crippen LogP contribution is 2.36. The number of hydrogen-bond donors (Lipinski definition) is 2. The lowest BCUT2D eigenvalue weighted by Crippen LogP contribution is -2.50. The largest absolute Gasteiger partial charge is 0.481 e. The van der Waals surface area contributed by atoms with E-state index in [2.05, 4.69) is 10.2 Å². The van der Waals surface area contributed by atoms with Crippen molar-refractivity contribution in [2.24, 2.45) is 5.92 Å². The molecular weight excluding hydrogens is 268 g/mol. The van der Waals surface area contributed by atoms with Crippen molar-refractivity contribution in [1.29, 1.82) is 0 Å². The summed E-state index contributed by atoms with van der Waals surface area (Å²) in [5, 5.41) is 11.6. The molecule has 0 radical (unpaired) electrons. The number of piperidine rings is 1. The van der Waals surface area contributed by atoms with Crippen LogP contribution in [0.1, 0.15) is 64.2 Å². The number of carboxylic acid groups (broad SMARTS) is 1. The average molecular weight is 296 g/mol. The quantitative estimate of drug-likeness (QED) is 0.710. The van der Waals surface area contributed by atoms with Gasteiger partial charge >= 0.3 is 12.0 Å². The van der Waals surface area contributed by atoms with Crippen molar-refractivity contribution < 1.29 is 14.7 Å². The van der Waals surface area contributed by atoms with Gasteiger partial charge in [0.1, 0.15) is 0 Å². The maximum absolute atomic E-state index is 12.3. The molecule has 0 aromatic rings. The van der Waals surface area contributed by atoms with Gasteiger partial charge in [-0.15, -0.1) is 0 Å². The summed E-state index contributed by atoms with van der Waals surface area (Å²) in [6, 6.07) is 0.589. The number of likely N-dealkylation sites (tertiary alicyclic amines) is 1. The summed E-state index contributed by atoms with van der Waals surface area (Å²) in [4.78, 5) is 24.7. The number of unbranched alkanes of at least 4 members (excludes halogenated alkanes) is 3. The maximum Gasteiger partial charge on any atom is 0.317 e. The molecule has 0 spiro atoms. The van der Waals surface area contributed by atoms with E-state index in [1.165, 1.54) is 25.7 Å². The highest BCUT2D eigenvalue weighted by atomic mass is 16.4. The Balaban J connectivity index is 1.58. The van der Waals surface area contributed by atoms with E-state index in [4.69, 9.17) is 5.11 Å². The fourth-order valence-corrected chi connectivity index (χ4v) is 3.76. The van der Waals surface area contributed by atoms with Crippen LogP contribution < -0.4 is 5.32 Å². The van der Waals surface area contributed by atoms with Gasteiger partial charge in [0.15, 0.2) is 0 Å². The first-order valence-corrected chi connectivity index (χ1v) is 8.45. The summed E-state index contributed by atoms with van der Waals surface area (Å²) in [5.74, 6) is 0.0139. The number of amides is 2. The monoisotopic (exact) mass is 296 g/mol. The Bertz CT molecular complexity index is 359. The Morgan fingerprint density at radius 2 is 1.81 bits per heavy atom. The first kappa shape index (κ1) is 16.1. The molecule has 0 aromatic carbocycles. The second kappa shape index (κ2) is 8.25. The van der Waals surface area contributed by atoms with Crippen molar-refractivity contribution in [3.8, 4) is 0 Å². The van der Waals surface area contributed by atoms with Crippen molar-refractivity contribution in [3.63, 3.8) is 0 Å². The first-order chi connectivity index (χ1) is 10.2. The van der Waals surface area contributed by atoms with E-state index in [1.807, 2.05) is 0 Å². The van der Waals surface area contributed by atoms with E-state index < -0.39 is 5.97 Å². The molecule has 5 heteroatoms. The summed E-state index contributed by atoms with van der Waals surface area (Å²) in [6.45, 7) is 1.62. The van der Waals surface area contributed by atoms with E-state index in [1.54, 1.807) is 0 Å². The van der Waals surface area contributed by atoms with Gasteiger partial charge in [0.05, 0.1) is 0 Å². The summed E-state index contributed by atoms with van der Waals surface area (Å²) in [7, 11) is 0. The molecule has 1 saturated heterocycles. The Hall–Kier alpha value is -1.26. The molecule has 2 atom stereocenters. The van der Waals surface area contributed by atoms with Gasteiger partial charge in [0.25, 0.3) is 0 Å². The maximum atomic E-state index is 12.3. The molecule has 0 aromatic heterocycles. The van der Waals surface area contributed by atoms with Gasteiger partial charge in [-0.05, 0) is 44.4 Å². The fraction of sp³-hybridized carbons (Fsp3) is 0.875. The second-order valence-corrected chi connectivity index (χ2v) is 6.38. The van der Waals surface area contributed by atoms with Gasteiger partial charge in [0, 0.05) is 25.6 Å². The Morgan fingerprint density at radius 1 is 1.05 bits per heavy atom. The predicted molar refractivity (Wildman–Crippen MR) is 81.2 cm³/mol. The zero-order chi connectivity index (χ0) is 15.1. The van der Waals surface area contributed by atoms with E-state index >= 15 is 0 Å². The third-order valence-electron chi connectivity index (χ3n) is 4.85. The minimum absolute atomic E-state index is 0.108. The van der Waals surface area contributed by atoms with Crippen LogP contribution in [-0.2, 0) is 4.79 Å². The van der Waals surface area contributed by atoms with Crippen LogP contribution >= 0.6 is 0 Å². The third kappa shape index (κ3) is 4.90. The molecule has 2 unspecified atom stereocenters. The standard InChI is InChI=1S/C16H28N2O3/c19-15(20)10-3-1-2-4-11-17-16(21)18-12-6-8-13-7-5-9-14(13)18/h13-14H,1-12H2,(H,17,21)(H,19,20). The lowest BCUT2D eigenvalue weighted by Gasteiger charge is -2.37. The number of fused-ring (bicyclic) bond motifs is 1. The van der Waals surface area contributed by atoms with Crippen molar-refractivity contribution in [1.82, 2.24) is 10.2 Å². The SMILES string of the molecule is O=C(O)CCCCCCNC(=O)N1CCCC2CCCC21. The van der Waals surface area contributed by atoms with Crippen LogP contribution in [0.3, 0.4) is 0 Å². The lowest BCUT2D eigenvalue weighted by molar-refractivity contribution is -0.137. The minimum atomic E-state index is -0.723. The molecule has 2 amide bonds. The molecule has 0 bridgehead atoms. The molecule has 2 aliphatic rings. The topological polar surface area (TPSA) is 69.6 Å². The smallest absolute Gasteiger partial charge is 0.317 e. The molecule has 1 heterocycles. The Kier molecular flexibility index (Phi) is 6.33. The molecule has 5 nitrogen and oxygen atoms in total. The number of nitrogens with zero attached hydrogens (tertiary/aromatic N) is 1. The number of carbonyl (C=O) groups excluding carboxylic acids is 1. The number of urea groups is 1. The number of carboxylic acids is 1.